The van der Waals surface area contributed by atoms with Gasteiger partial charge in [0.1, 0.15) is 5.82 Å². The number of aliphatic imine (C=N–C) groups is 1. The summed E-state index contributed by atoms with van der Waals surface area (Å²) in [5.74, 6) is -1.48. The highest BCUT2D eigenvalue weighted by molar-refractivity contribution is 6.37. The normalized spacial score (nSPS) is 17.1. The fourth-order valence-electron chi connectivity index (χ4n) is 0.636. The molecule has 64 valence electrons. The molecule has 0 aromatic rings. The van der Waals surface area contributed by atoms with E-state index < -0.39 is 17.8 Å². The summed E-state index contributed by atoms with van der Waals surface area (Å²) >= 11 is 0. The Bertz CT molecular complexity index is 294. The Balaban J connectivity index is 2.96. The minimum atomic E-state index is -1.28. The molecule has 0 atom stereocenters. The minimum absolute atomic E-state index is 0.201. The van der Waals surface area contributed by atoms with Crippen LogP contribution in [0.1, 0.15) is 0 Å². The maximum absolute atomic E-state index is 10.9. The molecule has 1 aliphatic heterocycles. The highest BCUT2D eigenvalue weighted by atomic mass is 16.4. The van der Waals surface area contributed by atoms with Gasteiger partial charge < -0.3 is 10.4 Å². The molecule has 0 aromatic carbocycles. The van der Waals surface area contributed by atoms with Crippen LogP contribution in [0.3, 0.4) is 0 Å². The lowest BCUT2D eigenvalue weighted by Gasteiger charge is -2.22. The van der Waals surface area contributed by atoms with Gasteiger partial charge in [-0.3, -0.25) is 4.90 Å². The number of amidine groups is 1. The lowest BCUT2D eigenvalue weighted by molar-refractivity contribution is -0.129. The molecule has 12 heavy (non-hydrogen) atoms. The first-order valence-corrected chi connectivity index (χ1v) is 3.08. The minimum Gasteiger partial charge on any atom is -0.475 e. The summed E-state index contributed by atoms with van der Waals surface area (Å²) in [4.78, 5) is 25.6. The molecule has 0 spiro atoms. The van der Waals surface area contributed by atoms with Crippen molar-refractivity contribution in [3.05, 3.63) is 12.4 Å². The first kappa shape index (κ1) is 8.25. The van der Waals surface area contributed by atoms with Crippen LogP contribution in [0.15, 0.2) is 17.4 Å². The quantitative estimate of drug-likeness (QED) is 0.559. The summed E-state index contributed by atoms with van der Waals surface area (Å²) in [6.07, 6.45) is 0. The predicted molar refractivity (Wildman–Crippen MR) is 40.5 cm³/mol. The Hall–Kier alpha value is -1.85. The standard InChI is InChI=1S/C6H7N3O3/c1-3-7-4(5(10)11)8-6(12)9(3)2/h1H2,2H3,(H,10,11)(H,7,8,12). The summed E-state index contributed by atoms with van der Waals surface area (Å²) in [6, 6.07) is -0.642. The first-order chi connectivity index (χ1) is 5.52. The molecule has 0 saturated heterocycles. The van der Waals surface area contributed by atoms with Crippen LogP contribution in [0.4, 0.5) is 4.79 Å². The van der Waals surface area contributed by atoms with Crippen LogP contribution in [-0.4, -0.2) is 34.9 Å². The zero-order valence-corrected chi connectivity index (χ0v) is 6.37. The number of aliphatic carboxylic acids is 1. The van der Waals surface area contributed by atoms with Crippen molar-refractivity contribution in [1.82, 2.24) is 10.2 Å². The molecule has 6 nitrogen and oxygen atoms in total. The second-order valence-corrected chi connectivity index (χ2v) is 2.18. The average Bonchev–Trinajstić information content (AvgIpc) is 1.99. The van der Waals surface area contributed by atoms with Gasteiger partial charge in [0.2, 0.25) is 5.84 Å². The molecule has 0 aliphatic carbocycles. The Morgan fingerprint density at radius 2 is 2.33 bits per heavy atom. The number of nitrogens with zero attached hydrogens (tertiary/aromatic N) is 2. The number of carbonyl (C=O) groups is 2. The third-order valence-corrected chi connectivity index (χ3v) is 1.36. The van der Waals surface area contributed by atoms with Crippen LogP contribution in [0.5, 0.6) is 0 Å². The molecule has 0 unspecified atom stereocenters. The molecule has 0 fully saturated rings. The number of rotatable bonds is 1. The zero-order chi connectivity index (χ0) is 9.30. The SMILES string of the molecule is C=C1NC(C(=O)O)=NC(=O)N1C. The predicted octanol–water partition coefficient (Wildman–Crippen LogP) is -0.404. The van der Waals surface area contributed by atoms with E-state index in [9.17, 15) is 9.59 Å². The van der Waals surface area contributed by atoms with E-state index in [4.69, 9.17) is 5.11 Å². The van der Waals surface area contributed by atoms with Crippen LogP contribution in [0.2, 0.25) is 0 Å². The molecule has 2 amide bonds. The van der Waals surface area contributed by atoms with Crippen LogP contribution in [-0.2, 0) is 4.79 Å². The average molecular weight is 169 g/mol. The van der Waals surface area contributed by atoms with Crippen LogP contribution in [0.25, 0.3) is 0 Å². The highest BCUT2D eigenvalue weighted by Gasteiger charge is 2.23. The molecule has 1 aliphatic rings. The van der Waals surface area contributed by atoms with E-state index in [0.717, 1.165) is 4.90 Å². The summed E-state index contributed by atoms with van der Waals surface area (Å²) in [5, 5.41) is 10.8. The Morgan fingerprint density at radius 3 is 2.75 bits per heavy atom. The van der Waals surface area contributed by atoms with E-state index in [1.807, 2.05) is 0 Å². The second-order valence-electron chi connectivity index (χ2n) is 2.18. The van der Waals surface area contributed by atoms with Gasteiger partial charge >= 0.3 is 12.0 Å². The van der Waals surface area contributed by atoms with Crippen molar-refractivity contribution < 1.29 is 14.7 Å². The van der Waals surface area contributed by atoms with E-state index in [1.165, 1.54) is 7.05 Å². The van der Waals surface area contributed by atoms with Crippen molar-refractivity contribution in [2.24, 2.45) is 4.99 Å². The van der Waals surface area contributed by atoms with Gasteiger partial charge in [-0.2, -0.15) is 4.99 Å². The summed E-state index contributed by atoms with van der Waals surface area (Å²) in [6.45, 7) is 3.43. The van der Waals surface area contributed by atoms with Crippen molar-refractivity contribution >= 4 is 17.8 Å². The number of urea groups is 1. The largest absolute Gasteiger partial charge is 0.475 e. The van der Waals surface area contributed by atoms with Crippen molar-refractivity contribution in [3.8, 4) is 0 Å². The number of nitrogens with one attached hydrogen (secondary N) is 1. The van der Waals surface area contributed by atoms with Crippen molar-refractivity contribution in [2.45, 2.75) is 0 Å². The maximum Gasteiger partial charge on any atom is 0.372 e. The summed E-state index contributed by atoms with van der Waals surface area (Å²) in [7, 11) is 1.44. The molecular weight excluding hydrogens is 162 g/mol. The number of carbonyl (C=O) groups excluding carboxylic acids is 1. The number of amides is 2. The zero-order valence-electron chi connectivity index (χ0n) is 6.37. The van der Waals surface area contributed by atoms with E-state index >= 15 is 0 Å². The fraction of sp³-hybridized carbons (Fsp3) is 0.167. The van der Waals surface area contributed by atoms with Gasteiger partial charge in [-0.25, -0.2) is 9.59 Å². The molecule has 0 bridgehead atoms. The van der Waals surface area contributed by atoms with Crippen LogP contribution in [0, 0.1) is 0 Å². The number of hydrogen-bond donors (Lipinski definition) is 2. The smallest absolute Gasteiger partial charge is 0.372 e. The van der Waals surface area contributed by atoms with Gasteiger partial charge in [0.15, 0.2) is 0 Å². The first-order valence-electron chi connectivity index (χ1n) is 3.08. The molecular formula is C6H7N3O3. The fourth-order valence-corrected chi connectivity index (χ4v) is 0.636. The number of carboxylic acids is 1. The molecule has 1 heterocycles. The van der Waals surface area contributed by atoms with E-state index in [1.54, 1.807) is 0 Å². The maximum atomic E-state index is 10.9. The van der Waals surface area contributed by atoms with Gasteiger partial charge in [-0.1, -0.05) is 6.58 Å². The number of hydrogen-bond acceptors (Lipinski definition) is 3. The van der Waals surface area contributed by atoms with Gasteiger partial charge in [0, 0.05) is 7.05 Å². The topological polar surface area (TPSA) is 82.0 Å². The van der Waals surface area contributed by atoms with Crippen molar-refractivity contribution in [1.29, 1.82) is 0 Å². The van der Waals surface area contributed by atoms with Gasteiger partial charge in [0.05, 0.1) is 0 Å². The van der Waals surface area contributed by atoms with Crippen molar-refractivity contribution in [3.63, 3.8) is 0 Å². The van der Waals surface area contributed by atoms with Gasteiger partial charge in [0.25, 0.3) is 0 Å². The van der Waals surface area contributed by atoms with E-state index in [2.05, 4.69) is 16.9 Å². The Morgan fingerprint density at radius 1 is 1.75 bits per heavy atom. The third kappa shape index (κ3) is 1.26. The Kier molecular flexibility index (Phi) is 1.82. The van der Waals surface area contributed by atoms with Crippen molar-refractivity contribution in [2.75, 3.05) is 7.05 Å². The molecule has 6 heteroatoms. The molecule has 0 saturated carbocycles. The lowest BCUT2D eigenvalue weighted by atomic mass is 10.5. The van der Waals surface area contributed by atoms with Gasteiger partial charge in [-0.15, -0.1) is 0 Å². The summed E-state index contributed by atoms with van der Waals surface area (Å²) in [5.41, 5.74) is 0. The molecule has 1 rings (SSSR count). The highest BCUT2D eigenvalue weighted by Crippen LogP contribution is 2.03. The summed E-state index contributed by atoms with van der Waals surface area (Å²) < 4.78 is 0. The molecule has 0 radical (unpaired) electrons. The third-order valence-electron chi connectivity index (χ3n) is 1.36. The second kappa shape index (κ2) is 2.65. The van der Waals surface area contributed by atoms with Crippen LogP contribution >= 0.6 is 0 Å². The molecule has 2 N–H and O–H groups in total. The Labute approximate surface area is 68.2 Å². The van der Waals surface area contributed by atoms with E-state index in [0.29, 0.717) is 0 Å². The number of carboxylic acid groups (broad SMARTS) is 1. The van der Waals surface area contributed by atoms with Gasteiger partial charge in [-0.05, 0) is 0 Å². The van der Waals surface area contributed by atoms with E-state index in [-0.39, 0.29) is 5.82 Å². The molecule has 0 aromatic heterocycles. The van der Waals surface area contributed by atoms with Crippen LogP contribution < -0.4 is 5.32 Å². The lowest BCUT2D eigenvalue weighted by Crippen LogP contribution is -2.43. The monoisotopic (exact) mass is 169 g/mol.